The van der Waals surface area contributed by atoms with Crippen LogP contribution in [0.4, 0.5) is 15.8 Å². The zero-order valence-electron chi connectivity index (χ0n) is 10.7. The van der Waals surface area contributed by atoms with E-state index in [9.17, 15) is 9.18 Å². The maximum Gasteiger partial charge on any atom is 0.251 e. The first-order valence-electron chi connectivity index (χ1n) is 6.17. The molecule has 3 nitrogen and oxygen atoms in total. The minimum absolute atomic E-state index is 0.147. The molecule has 1 unspecified atom stereocenters. The summed E-state index contributed by atoms with van der Waals surface area (Å²) in [6.45, 7) is 1.79. The smallest absolute Gasteiger partial charge is 0.251 e. The molecule has 1 amide bonds. The van der Waals surface area contributed by atoms with Gasteiger partial charge in [-0.3, -0.25) is 4.79 Å². The second-order valence-electron chi connectivity index (χ2n) is 4.76. The number of carbonyl (C=O) groups excluding carboxylic acids is 1. The molecule has 3 rings (SSSR count). The summed E-state index contributed by atoms with van der Waals surface area (Å²) in [5.74, 6) is -0.446. The minimum Gasteiger partial charge on any atom is -0.370 e. The molecule has 0 fully saturated rings. The third-order valence-corrected chi connectivity index (χ3v) is 3.57. The number of hydrogen-bond donors (Lipinski definition) is 2. The standard InChI is InChI=1S/C15H12ClFN2O/c1-8-6-10(17)3-5-12(8)18-14-11-7-9(16)2-4-13(11)19-15(14)20/h2-7,14,18H,1H3,(H,19,20). The molecule has 0 spiro atoms. The molecule has 0 saturated carbocycles. The van der Waals surface area contributed by atoms with Crippen molar-refractivity contribution in [3.05, 3.63) is 58.4 Å². The van der Waals surface area contributed by atoms with E-state index in [1.54, 1.807) is 31.2 Å². The summed E-state index contributed by atoms with van der Waals surface area (Å²) in [6, 6.07) is 9.15. The molecular weight excluding hydrogens is 279 g/mol. The quantitative estimate of drug-likeness (QED) is 0.881. The first-order valence-corrected chi connectivity index (χ1v) is 6.55. The van der Waals surface area contributed by atoms with Crippen molar-refractivity contribution < 1.29 is 9.18 Å². The second-order valence-corrected chi connectivity index (χ2v) is 5.19. The van der Waals surface area contributed by atoms with E-state index < -0.39 is 6.04 Å². The van der Waals surface area contributed by atoms with Gasteiger partial charge in [-0.1, -0.05) is 11.6 Å². The Morgan fingerprint density at radius 1 is 1.25 bits per heavy atom. The van der Waals surface area contributed by atoms with Crippen LogP contribution in [-0.4, -0.2) is 5.91 Å². The van der Waals surface area contributed by atoms with Gasteiger partial charge in [0.2, 0.25) is 0 Å². The van der Waals surface area contributed by atoms with Crippen LogP contribution in [0, 0.1) is 12.7 Å². The molecule has 5 heteroatoms. The molecule has 1 heterocycles. The predicted octanol–water partition coefficient (Wildman–Crippen LogP) is 3.89. The maximum atomic E-state index is 13.1. The molecular formula is C15H12ClFN2O. The van der Waals surface area contributed by atoms with Crippen molar-refractivity contribution in [2.75, 3.05) is 10.6 Å². The topological polar surface area (TPSA) is 41.1 Å². The van der Waals surface area contributed by atoms with Crippen molar-refractivity contribution in [1.82, 2.24) is 0 Å². The van der Waals surface area contributed by atoms with Gasteiger partial charge < -0.3 is 10.6 Å². The van der Waals surface area contributed by atoms with Gasteiger partial charge in [-0.2, -0.15) is 0 Å². The zero-order valence-corrected chi connectivity index (χ0v) is 11.5. The van der Waals surface area contributed by atoms with E-state index in [1.807, 2.05) is 0 Å². The highest BCUT2D eigenvalue weighted by Gasteiger charge is 2.30. The molecule has 1 atom stereocenters. The monoisotopic (exact) mass is 290 g/mol. The molecule has 2 aromatic rings. The van der Waals surface area contributed by atoms with Crippen LogP contribution in [0.5, 0.6) is 0 Å². The zero-order chi connectivity index (χ0) is 14.3. The van der Waals surface area contributed by atoms with Gasteiger partial charge in [0.25, 0.3) is 5.91 Å². The lowest BCUT2D eigenvalue weighted by atomic mass is 10.1. The van der Waals surface area contributed by atoms with E-state index in [-0.39, 0.29) is 11.7 Å². The number of rotatable bonds is 2. The molecule has 0 aliphatic carbocycles. The number of carbonyl (C=O) groups is 1. The Kier molecular flexibility index (Phi) is 3.10. The summed E-state index contributed by atoms with van der Waals surface area (Å²) < 4.78 is 13.1. The van der Waals surface area contributed by atoms with Gasteiger partial charge in [-0.15, -0.1) is 0 Å². The molecule has 2 N–H and O–H groups in total. The molecule has 1 aliphatic rings. The van der Waals surface area contributed by atoms with Gasteiger partial charge >= 0.3 is 0 Å². The predicted molar refractivity (Wildman–Crippen MR) is 77.6 cm³/mol. The third kappa shape index (κ3) is 2.23. The van der Waals surface area contributed by atoms with Crippen LogP contribution in [0.1, 0.15) is 17.2 Å². The van der Waals surface area contributed by atoms with Crippen molar-refractivity contribution in [2.24, 2.45) is 0 Å². The molecule has 0 saturated heterocycles. The van der Waals surface area contributed by atoms with Crippen molar-refractivity contribution in [2.45, 2.75) is 13.0 Å². The number of halogens is 2. The number of anilines is 2. The molecule has 2 aromatic carbocycles. The molecule has 0 aromatic heterocycles. The van der Waals surface area contributed by atoms with Crippen LogP contribution in [0.25, 0.3) is 0 Å². The van der Waals surface area contributed by atoms with Gasteiger partial charge in [0.15, 0.2) is 0 Å². The Hall–Kier alpha value is -2.07. The van der Waals surface area contributed by atoms with Crippen LogP contribution >= 0.6 is 11.6 Å². The Balaban J connectivity index is 1.95. The van der Waals surface area contributed by atoms with Gasteiger partial charge in [-0.05, 0) is 48.9 Å². The van der Waals surface area contributed by atoms with Crippen LogP contribution in [-0.2, 0) is 4.79 Å². The van der Waals surface area contributed by atoms with Crippen LogP contribution in [0.3, 0.4) is 0 Å². The highest BCUT2D eigenvalue weighted by molar-refractivity contribution is 6.31. The summed E-state index contributed by atoms with van der Waals surface area (Å²) in [7, 11) is 0. The Bertz CT molecular complexity index is 702. The van der Waals surface area contributed by atoms with Crippen molar-refractivity contribution >= 4 is 28.9 Å². The van der Waals surface area contributed by atoms with Crippen LogP contribution < -0.4 is 10.6 Å². The highest BCUT2D eigenvalue weighted by atomic mass is 35.5. The lowest BCUT2D eigenvalue weighted by Gasteiger charge is -2.15. The second kappa shape index (κ2) is 4.80. The minimum atomic E-state index is -0.520. The first-order chi connectivity index (χ1) is 9.54. The number of fused-ring (bicyclic) bond motifs is 1. The fraction of sp³-hybridized carbons (Fsp3) is 0.133. The maximum absolute atomic E-state index is 13.1. The Labute approximate surface area is 120 Å². The molecule has 0 bridgehead atoms. The van der Waals surface area contributed by atoms with E-state index in [2.05, 4.69) is 10.6 Å². The summed E-state index contributed by atoms with van der Waals surface area (Å²) in [6.07, 6.45) is 0. The fourth-order valence-electron chi connectivity index (χ4n) is 2.32. The lowest BCUT2D eigenvalue weighted by Crippen LogP contribution is -2.20. The van der Waals surface area contributed by atoms with Crippen LogP contribution in [0.2, 0.25) is 5.02 Å². The number of hydrogen-bond acceptors (Lipinski definition) is 2. The van der Waals surface area contributed by atoms with E-state index >= 15 is 0 Å². The molecule has 20 heavy (non-hydrogen) atoms. The summed E-state index contributed by atoms with van der Waals surface area (Å²) in [5, 5.41) is 6.50. The number of benzene rings is 2. The summed E-state index contributed by atoms with van der Waals surface area (Å²) >= 11 is 5.97. The molecule has 0 radical (unpaired) electrons. The molecule has 102 valence electrons. The Morgan fingerprint density at radius 2 is 2.05 bits per heavy atom. The lowest BCUT2D eigenvalue weighted by molar-refractivity contribution is -0.116. The SMILES string of the molecule is Cc1cc(F)ccc1NC1C(=O)Nc2ccc(Cl)cc21. The average molecular weight is 291 g/mol. The van der Waals surface area contributed by atoms with E-state index in [4.69, 9.17) is 11.6 Å². The fourth-order valence-corrected chi connectivity index (χ4v) is 2.50. The summed E-state index contributed by atoms with van der Waals surface area (Å²) in [5.41, 5.74) is 3.01. The van der Waals surface area contributed by atoms with Gasteiger partial charge in [0.1, 0.15) is 11.9 Å². The number of amides is 1. The largest absolute Gasteiger partial charge is 0.370 e. The average Bonchev–Trinajstić information content (AvgIpc) is 2.69. The van der Waals surface area contributed by atoms with Gasteiger partial charge in [-0.25, -0.2) is 4.39 Å². The van der Waals surface area contributed by atoms with Crippen LogP contribution in [0.15, 0.2) is 36.4 Å². The molecule has 1 aliphatic heterocycles. The van der Waals surface area contributed by atoms with Crippen molar-refractivity contribution in [3.8, 4) is 0 Å². The van der Waals surface area contributed by atoms with Gasteiger partial charge in [0, 0.05) is 22.0 Å². The van der Waals surface area contributed by atoms with E-state index in [0.717, 1.165) is 22.5 Å². The Morgan fingerprint density at radius 3 is 2.80 bits per heavy atom. The number of nitrogens with one attached hydrogen (secondary N) is 2. The first kappa shape index (κ1) is 12.9. The van der Waals surface area contributed by atoms with Crippen molar-refractivity contribution in [1.29, 1.82) is 0 Å². The number of aryl methyl sites for hydroxylation is 1. The van der Waals surface area contributed by atoms with Crippen molar-refractivity contribution in [3.63, 3.8) is 0 Å². The van der Waals surface area contributed by atoms with E-state index in [0.29, 0.717) is 5.02 Å². The van der Waals surface area contributed by atoms with E-state index in [1.165, 1.54) is 12.1 Å². The highest BCUT2D eigenvalue weighted by Crippen LogP contribution is 2.35. The third-order valence-electron chi connectivity index (χ3n) is 3.33. The summed E-state index contributed by atoms with van der Waals surface area (Å²) in [4.78, 5) is 12.0. The van der Waals surface area contributed by atoms with Gasteiger partial charge in [0.05, 0.1) is 0 Å². The normalized spacial score (nSPS) is 16.8.